The first kappa shape index (κ1) is 17.7. The van der Waals surface area contributed by atoms with Gasteiger partial charge in [-0.15, -0.1) is 0 Å². The van der Waals surface area contributed by atoms with Crippen LogP contribution < -0.4 is 10.1 Å². The quantitative estimate of drug-likeness (QED) is 0.636. The van der Waals surface area contributed by atoms with Gasteiger partial charge in [-0.25, -0.2) is 4.98 Å². The van der Waals surface area contributed by atoms with Crippen LogP contribution in [0.5, 0.6) is 5.88 Å². The molecule has 1 N–H and O–H groups in total. The first-order valence-corrected chi connectivity index (χ1v) is 8.35. The van der Waals surface area contributed by atoms with Crippen LogP contribution in [0.1, 0.15) is 77.1 Å². The molecular weight excluding hydrogens is 262 g/mol. The van der Waals surface area contributed by atoms with E-state index in [1.807, 2.05) is 6.92 Å². The largest absolute Gasteiger partial charge is 0.477 e. The van der Waals surface area contributed by atoms with Crippen LogP contribution in [0.4, 0.5) is 5.82 Å². The molecule has 0 radical (unpaired) electrons. The van der Waals surface area contributed by atoms with E-state index in [1.54, 1.807) is 0 Å². The lowest BCUT2D eigenvalue weighted by Crippen LogP contribution is -2.11. The Morgan fingerprint density at radius 1 is 1.05 bits per heavy atom. The molecule has 1 aromatic rings. The smallest absolute Gasteiger partial charge is 0.221 e. The van der Waals surface area contributed by atoms with Crippen LogP contribution in [0.25, 0.3) is 0 Å². The Labute approximate surface area is 129 Å². The Kier molecular flexibility index (Phi) is 8.09. The molecule has 0 spiro atoms. The van der Waals surface area contributed by atoms with Gasteiger partial charge in [-0.1, -0.05) is 47.0 Å². The highest BCUT2D eigenvalue weighted by atomic mass is 16.5. The highest BCUT2D eigenvalue weighted by Crippen LogP contribution is 2.25. The number of hydrogen-bond donors (Lipinski definition) is 1. The van der Waals surface area contributed by atoms with Crippen molar-refractivity contribution in [3.63, 3.8) is 0 Å². The van der Waals surface area contributed by atoms with Gasteiger partial charge in [-0.05, 0) is 19.8 Å². The lowest BCUT2D eigenvalue weighted by atomic mass is 10.2. The summed E-state index contributed by atoms with van der Waals surface area (Å²) in [7, 11) is 0. The Bertz CT molecular complexity index is 419. The number of nitrogens with zero attached hydrogens (tertiary/aromatic N) is 2. The fraction of sp³-hybridized carbons (Fsp3) is 0.765. The SMILES string of the molecule is CCCCCCOc1nc(C(C)C)nc(NCCC)c1C. The lowest BCUT2D eigenvalue weighted by molar-refractivity contribution is 0.290. The summed E-state index contributed by atoms with van der Waals surface area (Å²) in [5.41, 5.74) is 1.02. The summed E-state index contributed by atoms with van der Waals surface area (Å²) >= 11 is 0. The molecule has 0 bridgehead atoms. The normalized spacial score (nSPS) is 11.0. The summed E-state index contributed by atoms with van der Waals surface area (Å²) in [6.45, 7) is 12.3. The minimum absolute atomic E-state index is 0.301. The van der Waals surface area contributed by atoms with Gasteiger partial charge >= 0.3 is 0 Å². The van der Waals surface area contributed by atoms with Gasteiger partial charge in [0.15, 0.2) is 0 Å². The van der Waals surface area contributed by atoms with E-state index in [0.29, 0.717) is 5.92 Å². The highest BCUT2D eigenvalue weighted by molar-refractivity contribution is 5.48. The monoisotopic (exact) mass is 293 g/mol. The molecule has 4 nitrogen and oxygen atoms in total. The first-order valence-electron chi connectivity index (χ1n) is 8.35. The molecule has 21 heavy (non-hydrogen) atoms. The van der Waals surface area contributed by atoms with E-state index >= 15 is 0 Å². The standard InChI is InChI=1S/C17H31N3O/c1-6-8-9-10-12-21-17-14(5)16(18-11-7-2)19-15(20-17)13(3)4/h13H,6-12H2,1-5H3,(H,18,19,20). The Morgan fingerprint density at radius 3 is 2.43 bits per heavy atom. The first-order chi connectivity index (χ1) is 10.1. The zero-order chi connectivity index (χ0) is 15.7. The number of anilines is 1. The second-order valence-electron chi connectivity index (χ2n) is 5.85. The summed E-state index contributed by atoms with van der Waals surface area (Å²) < 4.78 is 5.90. The van der Waals surface area contributed by atoms with Gasteiger partial charge in [-0.3, -0.25) is 0 Å². The van der Waals surface area contributed by atoms with Crippen LogP contribution in [0.3, 0.4) is 0 Å². The number of hydrogen-bond acceptors (Lipinski definition) is 4. The molecule has 0 amide bonds. The van der Waals surface area contributed by atoms with E-state index in [1.165, 1.54) is 19.3 Å². The second kappa shape index (κ2) is 9.59. The van der Waals surface area contributed by atoms with E-state index in [9.17, 15) is 0 Å². The minimum atomic E-state index is 0.301. The molecule has 4 heteroatoms. The van der Waals surface area contributed by atoms with E-state index in [-0.39, 0.29) is 0 Å². The lowest BCUT2D eigenvalue weighted by Gasteiger charge is -2.15. The van der Waals surface area contributed by atoms with Gasteiger partial charge in [0, 0.05) is 12.5 Å². The van der Waals surface area contributed by atoms with Gasteiger partial charge < -0.3 is 10.1 Å². The van der Waals surface area contributed by atoms with Crippen LogP contribution >= 0.6 is 0 Å². The summed E-state index contributed by atoms with van der Waals surface area (Å²) in [5.74, 6) is 2.81. The van der Waals surface area contributed by atoms with Crippen LogP contribution in [-0.2, 0) is 0 Å². The number of ether oxygens (including phenoxy) is 1. The third-order valence-corrected chi connectivity index (χ3v) is 3.41. The molecule has 0 aliphatic rings. The molecule has 0 saturated carbocycles. The number of aromatic nitrogens is 2. The maximum Gasteiger partial charge on any atom is 0.221 e. The van der Waals surface area contributed by atoms with Gasteiger partial charge in [0.25, 0.3) is 0 Å². The molecule has 1 rings (SSSR count). The third-order valence-electron chi connectivity index (χ3n) is 3.41. The molecule has 0 aliphatic carbocycles. The Balaban J connectivity index is 2.77. The summed E-state index contributed by atoms with van der Waals surface area (Å²) in [5, 5.41) is 3.38. The summed E-state index contributed by atoms with van der Waals surface area (Å²) in [4.78, 5) is 9.21. The highest BCUT2D eigenvalue weighted by Gasteiger charge is 2.13. The summed E-state index contributed by atoms with van der Waals surface area (Å²) in [6, 6.07) is 0. The van der Waals surface area contributed by atoms with Crippen molar-refractivity contribution in [2.45, 2.75) is 72.6 Å². The van der Waals surface area contributed by atoms with Crippen LogP contribution in [-0.4, -0.2) is 23.1 Å². The van der Waals surface area contributed by atoms with Crippen molar-refractivity contribution in [2.24, 2.45) is 0 Å². The molecule has 1 heterocycles. The molecule has 0 aliphatic heterocycles. The molecule has 0 fully saturated rings. The van der Waals surface area contributed by atoms with Gasteiger partial charge in [0.05, 0.1) is 12.2 Å². The van der Waals surface area contributed by atoms with Gasteiger partial charge in [0.2, 0.25) is 5.88 Å². The zero-order valence-corrected chi connectivity index (χ0v) is 14.3. The molecule has 0 atom stereocenters. The van der Waals surface area contributed by atoms with Gasteiger partial charge in [-0.2, -0.15) is 4.98 Å². The molecule has 1 aromatic heterocycles. The van der Waals surface area contributed by atoms with E-state index < -0.39 is 0 Å². The van der Waals surface area contributed by atoms with Crippen molar-refractivity contribution in [1.29, 1.82) is 0 Å². The van der Waals surface area contributed by atoms with Crippen molar-refractivity contribution >= 4 is 5.82 Å². The summed E-state index contributed by atoms with van der Waals surface area (Å²) in [6.07, 6.45) is 5.90. The van der Waals surface area contributed by atoms with E-state index in [4.69, 9.17) is 4.74 Å². The maximum absolute atomic E-state index is 5.90. The topological polar surface area (TPSA) is 47.0 Å². The van der Waals surface area contributed by atoms with Crippen molar-refractivity contribution in [3.8, 4) is 5.88 Å². The molecule has 0 saturated heterocycles. The van der Waals surface area contributed by atoms with Crippen LogP contribution in [0, 0.1) is 6.92 Å². The predicted molar refractivity (Wildman–Crippen MR) is 89.3 cm³/mol. The average Bonchev–Trinajstić information content (AvgIpc) is 2.47. The molecule has 0 aromatic carbocycles. The Morgan fingerprint density at radius 2 is 1.81 bits per heavy atom. The molecule has 120 valence electrons. The van der Waals surface area contributed by atoms with E-state index in [2.05, 4.69) is 43.0 Å². The van der Waals surface area contributed by atoms with Crippen LogP contribution in [0.15, 0.2) is 0 Å². The predicted octanol–water partition coefficient (Wildman–Crippen LogP) is 4.69. The Hall–Kier alpha value is -1.32. The fourth-order valence-electron chi connectivity index (χ4n) is 2.02. The van der Waals surface area contributed by atoms with Crippen LogP contribution in [0.2, 0.25) is 0 Å². The number of rotatable bonds is 10. The second-order valence-corrected chi connectivity index (χ2v) is 5.85. The van der Waals surface area contributed by atoms with Crippen molar-refractivity contribution in [1.82, 2.24) is 9.97 Å². The van der Waals surface area contributed by atoms with Crippen molar-refractivity contribution < 1.29 is 4.74 Å². The average molecular weight is 293 g/mol. The zero-order valence-electron chi connectivity index (χ0n) is 14.3. The maximum atomic E-state index is 5.90. The third kappa shape index (κ3) is 5.90. The number of nitrogens with one attached hydrogen (secondary N) is 1. The molecule has 0 unspecified atom stereocenters. The minimum Gasteiger partial charge on any atom is -0.477 e. The number of unbranched alkanes of at least 4 members (excludes halogenated alkanes) is 3. The van der Waals surface area contributed by atoms with Crippen molar-refractivity contribution in [2.75, 3.05) is 18.5 Å². The van der Waals surface area contributed by atoms with Crippen molar-refractivity contribution in [3.05, 3.63) is 11.4 Å². The van der Waals surface area contributed by atoms with Gasteiger partial charge in [0.1, 0.15) is 11.6 Å². The molecular formula is C17H31N3O. The fourth-order valence-corrected chi connectivity index (χ4v) is 2.02. The van der Waals surface area contributed by atoms with E-state index in [0.717, 1.165) is 49.1 Å².